The quantitative estimate of drug-likeness (QED) is 0.155. The predicted molar refractivity (Wildman–Crippen MR) is 179 cm³/mol. The molecule has 3 aliphatic heterocycles. The van der Waals surface area contributed by atoms with Gasteiger partial charge in [-0.15, -0.1) is 0 Å². The van der Waals surface area contributed by atoms with Gasteiger partial charge in [0.05, 0.1) is 60.8 Å². The number of aromatic nitrogens is 2. The summed E-state index contributed by atoms with van der Waals surface area (Å²) in [4.78, 5) is 52.7. The minimum atomic E-state index is -0.470. The molecule has 2 aromatic rings. The second-order valence-electron chi connectivity index (χ2n) is 12.0. The fourth-order valence-electron chi connectivity index (χ4n) is 5.97. The van der Waals surface area contributed by atoms with Crippen molar-refractivity contribution in [2.45, 2.75) is 81.5 Å². The lowest BCUT2D eigenvalue weighted by molar-refractivity contribution is -0.129. The average molecular weight is 677 g/mol. The SMILES string of the molecule is CNC(=O)C1CC(O)CCN1.CNC(=O)C1CC(O)CCN1.CNC(=O)C1CC(O)CCN1CCn1c(=O)cnc2ccc(OC)cc21. The maximum Gasteiger partial charge on any atom is 0.269 e. The third kappa shape index (κ3) is 11.2. The van der Waals surface area contributed by atoms with E-state index in [-0.39, 0.29) is 53.6 Å². The Labute approximate surface area is 280 Å². The maximum absolute atomic E-state index is 12.4. The van der Waals surface area contributed by atoms with E-state index < -0.39 is 6.10 Å². The molecule has 3 aliphatic rings. The van der Waals surface area contributed by atoms with Gasteiger partial charge in [0.2, 0.25) is 17.7 Å². The molecule has 48 heavy (non-hydrogen) atoms. The molecular formula is C32H52N8O8. The van der Waals surface area contributed by atoms with Crippen LogP contribution in [0.15, 0.2) is 29.2 Å². The first kappa shape index (κ1) is 38.8. The number of fused-ring (bicyclic) bond motifs is 1. The fourth-order valence-corrected chi connectivity index (χ4v) is 5.97. The Balaban J connectivity index is 0.000000233. The molecule has 0 bridgehead atoms. The lowest BCUT2D eigenvalue weighted by Gasteiger charge is -2.36. The number of hydrogen-bond donors (Lipinski definition) is 8. The van der Waals surface area contributed by atoms with Crippen LogP contribution in [-0.2, 0) is 20.9 Å². The number of amides is 3. The number of likely N-dealkylation sites (tertiary alicyclic amines) is 1. The number of carbonyl (C=O) groups is 3. The predicted octanol–water partition coefficient (Wildman–Crippen LogP) is -2.33. The number of carbonyl (C=O) groups excluding carboxylic acids is 3. The van der Waals surface area contributed by atoms with Crippen molar-refractivity contribution in [3.8, 4) is 5.75 Å². The number of hydrogen-bond acceptors (Lipinski definition) is 12. The van der Waals surface area contributed by atoms with E-state index in [9.17, 15) is 34.5 Å². The van der Waals surface area contributed by atoms with Gasteiger partial charge in [0.15, 0.2) is 0 Å². The minimum absolute atomic E-state index is 0.0382. The Morgan fingerprint density at radius 2 is 1.42 bits per heavy atom. The van der Waals surface area contributed by atoms with Crippen LogP contribution in [0, 0.1) is 0 Å². The summed E-state index contributed by atoms with van der Waals surface area (Å²) < 4.78 is 6.90. The largest absolute Gasteiger partial charge is 0.497 e. The molecule has 1 aromatic heterocycles. The number of likely N-dealkylation sites (N-methyl/N-ethyl adjacent to an activating group) is 3. The van der Waals surface area contributed by atoms with Gasteiger partial charge < -0.3 is 51.2 Å². The van der Waals surface area contributed by atoms with Crippen LogP contribution in [0.2, 0.25) is 0 Å². The molecule has 16 heteroatoms. The van der Waals surface area contributed by atoms with Crippen molar-refractivity contribution in [2.24, 2.45) is 0 Å². The van der Waals surface area contributed by atoms with E-state index in [0.29, 0.717) is 62.1 Å². The summed E-state index contributed by atoms with van der Waals surface area (Å²) in [6.45, 7) is 3.01. The summed E-state index contributed by atoms with van der Waals surface area (Å²) in [6.07, 6.45) is 3.76. The molecule has 0 spiro atoms. The van der Waals surface area contributed by atoms with Crippen LogP contribution in [-0.4, -0.2) is 138 Å². The number of aliphatic hydroxyl groups is 3. The van der Waals surface area contributed by atoms with Crippen molar-refractivity contribution in [3.05, 3.63) is 34.7 Å². The zero-order valence-electron chi connectivity index (χ0n) is 28.3. The van der Waals surface area contributed by atoms with Gasteiger partial charge in [0.25, 0.3) is 5.56 Å². The van der Waals surface area contributed by atoms with Gasteiger partial charge in [-0.3, -0.25) is 24.1 Å². The molecule has 4 heterocycles. The maximum atomic E-state index is 12.4. The van der Waals surface area contributed by atoms with Crippen molar-refractivity contribution in [3.63, 3.8) is 0 Å². The van der Waals surface area contributed by atoms with Crippen LogP contribution >= 0.6 is 0 Å². The fraction of sp³-hybridized carbons (Fsp3) is 0.656. The van der Waals surface area contributed by atoms with Crippen molar-refractivity contribution in [1.82, 2.24) is 41.0 Å². The van der Waals surface area contributed by atoms with E-state index in [2.05, 4.69) is 31.6 Å². The van der Waals surface area contributed by atoms with Gasteiger partial charge in [-0.05, 0) is 63.7 Å². The number of nitrogens with one attached hydrogen (secondary N) is 5. The Morgan fingerprint density at radius 1 is 0.854 bits per heavy atom. The van der Waals surface area contributed by atoms with Gasteiger partial charge in [-0.25, -0.2) is 4.98 Å². The third-order valence-corrected chi connectivity index (χ3v) is 8.78. The number of rotatable bonds is 7. The van der Waals surface area contributed by atoms with Crippen LogP contribution in [0.4, 0.5) is 0 Å². The van der Waals surface area contributed by atoms with E-state index in [1.807, 2.05) is 11.0 Å². The summed E-state index contributed by atoms with van der Waals surface area (Å²) in [5.74, 6) is 0.466. The van der Waals surface area contributed by atoms with Crippen LogP contribution < -0.4 is 36.9 Å². The Kier molecular flexibility index (Phi) is 15.6. The molecular weight excluding hydrogens is 624 g/mol. The van der Waals surface area contributed by atoms with Crippen LogP contribution in [0.3, 0.4) is 0 Å². The first-order chi connectivity index (χ1) is 23.0. The summed E-state index contributed by atoms with van der Waals surface area (Å²) in [7, 11) is 6.37. The molecule has 0 aliphatic carbocycles. The summed E-state index contributed by atoms with van der Waals surface area (Å²) in [5, 5.41) is 42.1. The standard InChI is InChI=1S/C18H24N4O4.2C7H14N2O2/c1-19-18(25)16-9-12(23)5-6-21(16)7-8-22-15-10-13(26-2)3-4-14(15)20-11-17(22)24;2*1-8-7(11)6-4-5(10)2-3-9-6/h3-4,10-12,16,23H,5-9H2,1-2H3,(H,19,25);2*5-6,9-10H,2-4H2,1H3,(H,8,11). The van der Waals surface area contributed by atoms with Crippen LogP contribution in [0.1, 0.15) is 38.5 Å². The highest BCUT2D eigenvalue weighted by atomic mass is 16.5. The lowest BCUT2D eigenvalue weighted by Crippen LogP contribution is -2.52. The Bertz CT molecular complexity index is 1370. The van der Waals surface area contributed by atoms with Gasteiger partial charge in [-0.2, -0.15) is 0 Å². The molecule has 0 saturated carbocycles. The average Bonchev–Trinajstić information content (AvgIpc) is 3.10. The number of aliphatic hydroxyl groups excluding tert-OH is 3. The van der Waals surface area contributed by atoms with E-state index >= 15 is 0 Å². The van der Waals surface area contributed by atoms with Crippen molar-refractivity contribution < 1.29 is 34.4 Å². The number of benzene rings is 1. The number of methoxy groups -OCH3 is 1. The lowest BCUT2D eigenvalue weighted by atomic mass is 9.99. The second-order valence-corrected chi connectivity index (χ2v) is 12.0. The number of piperidine rings is 3. The van der Waals surface area contributed by atoms with Gasteiger partial charge >= 0.3 is 0 Å². The summed E-state index contributed by atoms with van der Waals surface area (Å²) in [6, 6.07) is 4.61. The highest BCUT2D eigenvalue weighted by molar-refractivity contribution is 5.82. The third-order valence-electron chi connectivity index (χ3n) is 8.78. The molecule has 8 N–H and O–H groups in total. The molecule has 5 rings (SSSR count). The molecule has 6 atom stereocenters. The zero-order valence-corrected chi connectivity index (χ0v) is 28.3. The van der Waals surface area contributed by atoms with Gasteiger partial charge in [0, 0.05) is 46.8 Å². The van der Waals surface area contributed by atoms with Gasteiger partial charge in [0.1, 0.15) is 5.75 Å². The monoisotopic (exact) mass is 676 g/mol. The Hall–Kier alpha value is -3.67. The number of ether oxygens (including phenoxy) is 1. The first-order valence-electron chi connectivity index (χ1n) is 16.4. The van der Waals surface area contributed by atoms with Crippen LogP contribution in [0.25, 0.3) is 11.0 Å². The molecule has 6 unspecified atom stereocenters. The molecule has 16 nitrogen and oxygen atoms in total. The molecule has 0 radical (unpaired) electrons. The Morgan fingerprint density at radius 3 is 1.94 bits per heavy atom. The van der Waals surface area contributed by atoms with E-state index in [1.54, 1.807) is 45.0 Å². The molecule has 268 valence electrons. The normalized spacial score (nSPS) is 25.7. The zero-order chi connectivity index (χ0) is 35.2. The van der Waals surface area contributed by atoms with Crippen molar-refractivity contribution >= 4 is 28.8 Å². The minimum Gasteiger partial charge on any atom is -0.497 e. The summed E-state index contributed by atoms with van der Waals surface area (Å²) in [5.41, 5.74) is 1.21. The number of nitrogens with zero attached hydrogens (tertiary/aromatic N) is 3. The van der Waals surface area contributed by atoms with E-state index in [0.717, 1.165) is 25.9 Å². The molecule has 3 fully saturated rings. The highest BCUT2D eigenvalue weighted by Crippen LogP contribution is 2.20. The molecule has 3 amide bonds. The first-order valence-corrected chi connectivity index (χ1v) is 16.4. The van der Waals surface area contributed by atoms with E-state index in [4.69, 9.17) is 4.74 Å². The van der Waals surface area contributed by atoms with Crippen LogP contribution in [0.5, 0.6) is 5.75 Å². The van der Waals surface area contributed by atoms with Crippen molar-refractivity contribution in [1.29, 1.82) is 0 Å². The van der Waals surface area contributed by atoms with E-state index in [1.165, 1.54) is 6.20 Å². The summed E-state index contributed by atoms with van der Waals surface area (Å²) >= 11 is 0. The topological polar surface area (TPSA) is 219 Å². The highest BCUT2D eigenvalue weighted by Gasteiger charge is 2.32. The smallest absolute Gasteiger partial charge is 0.269 e. The van der Waals surface area contributed by atoms with Crippen molar-refractivity contribution in [2.75, 3.05) is 54.4 Å². The van der Waals surface area contributed by atoms with Gasteiger partial charge in [-0.1, -0.05) is 0 Å². The second kappa shape index (κ2) is 19.4. The molecule has 3 saturated heterocycles. The molecule has 1 aromatic carbocycles.